The summed E-state index contributed by atoms with van der Waals surface area (Å²) in [4.78, 5) is 10.9. The average Bonchev–Trinajstić information content (AvgIpc) is 2.54. The molecule has 0 fully saturated rings. The van der Waals surface area contributed by atoms with Crippen LogP contribution in [0.15, 0.2) is 12.1 Å². The monoisotopic (exact) mass is 204 g/mol. The molecule has 2 heteroatoms. The Kier molecular flexibility index (Phi) is 2.51. The maximum absolute atomic E-state index is 10.9. The van der Waals surface area contributed by atoms with Crippen molar-refractivity contribution in [2.75, 3.05) is 7.11 Å². The van der Waals surface area contributed by atoms with Crippen molar-refractivity contribution >= 4 is 6.29 Å². The highest BCUT2D eigenvalue weighted by Crippen LogP contribution is 2.42. The third-order valence-corrected chi connectivity index (χ3v) is 3.30. The maximum Gasteiger partial charge on any atom is 0.127 e. The van der Waals surface area contributed by atoms with E-state index in [0.717, 1.165) is 24.0 Å². The van der Waals surface area contributed by atoms with Gasteiger partial charge in [0.15, 0.2) is 0 Å². The second kappa shape index (κ2) is 3.69. The molecule has 1 aromatic rings. The maximum atomic E-state index is 10.9. The number of fused-ring (bicyclic) bond motifs is 1. The van der Waals surface area contributed by atoms with E-state index in [-0.39, 0.29) is 5.92 Å². The number of carbonyl (C=O) groups is 1. The lowest BCUT2D eigenvalue weighted by molar-refractivity contribution is -0.109. The summed E-state index contributed by atoms with van der Waals surface area (Å²) in [5.74, 6) is 1.47. The van der Waals surface area contributed by atoms with Crippen molar-refractivity contribution < 1.29 is 9.53 Å². The van der Waals surface area contributed by atoms with Gasteiger partial charge in [-0.25, -0.2) is 0 Å². The van der Waals surface area contributed by atoms with E-state index in [9.17, 15) is 4.79 Å². The molecule has 15 heavy (non-hydrogen) atoms. The third kappa shape index (κ3) is 1.54. The standard InChI is InChI=1S/C13H16O2/c1-8-4-10(7-14)12-5-9(2)13(15-3)6-11(8)12/h5-8,10H,4H2,1-3H3/t8-,10-/m1/s1. The van der Waals surface area contributed by atoms with Crippen LogP contribution in [0.5, 0.6) is 5.75 Å². The zero-order valence-electron chi connectivity index (χ0n) is 9.41. The first-order valence-corrected chi connectivity index (χ1v) is 5.31. The molecule has 2 nitrogen and oxygen atoms in total. The fraction of sp³-hybridized carbons (Fsp3) is 0.462. The number of methoxy groups -OCH3 is 1. The highest BCUT2D eigenvalue weighted by Gasteiger charge is 2.28. The van der Waals surface area contributed by atoms with Gasteiger partial charge in [-0.1, -0.05) is 13.0 Å². The van der Waals surface area contributed by atoms with Crippen LogP contribution >= 0.6 is 0 Å². The van der Waals surface area contributed by atoms with Crippen molar-refractivity contribution in [3.8, 4) is 5.75 Å². The van der Waals surface area contributed by atoms with Crippen molar-refractivity contribution in [2.45, 2.75) is 32.1 Å². The fourth-order valence-corrected chi connectivity index (χ4v) is 2.46. The first kappa shape index (κ1) is 10.2. The van der Waals surface area contributed by atoms with E-state index in [1.807, 2.05) is 6.92 Å². The number of carbonyl (C=O) groups excluding carboxylic acids is 1. The summed E-state index contributed by atoms with van der Waals surface area (Å²) in [5.41, 5.74) is 3.57. The molecule has 2 rings (SSSR count). The second-order valence-corrected chi connectivity index (χ2v) is 4.33. The lowest BCUT2D eigenvalue weighted by atomic mass is 9.99. The van der Waals surface area contributed by atoms with Crippen LogP contribution < -0.4 is 4.74 Å². The number of ether oxygens (including phenoxy) is 1. The van der Waals surface area contributed by atoms with Gasteiger partial charge in [-0.2, -0.15) is 0 Å². The topological polar surface area (TPSA) is 26.3 Å². The third-order valence-electron chi connectivity index (χ3n) is 3.30. The van der Waals surface area contributed by atoms with Crippen LogP contribution in [0, 0.1) is 6.92 Å². The lowest BCUT2D eigenvalue weighted by Gasteiger charge is -2.10. The van der Waals surface area contributed by atoms with Crippen LogP contribution in [0.3, 0.4) is 0 Å². The van der Waals surface area contributed by atoms with E-state index >= 15 is 0 Å². The number of aldehydes is 1. The van der Waals surface area contributed by atoms with E-state index in [0.29, 0.717) is 5.92 Å². The van der Waals surface area contributed by atoms with Crippen molar-refractivity contribution in [1.29, 1.82) is 0 Å². The van der Waals surface area contributed by atoms with Gasteiger partial charge in [0.2, 0.25) is 0 Å². The molecule has 0 saturated heterocycles. The predicted octanol–water partition coefficient (Wildman–Crippen LogP) is 2.79. The van der Waals surface area contributed by atoms with Gasteiger partial charge in [-0.3, -0.25) is 0 Å². The molecule has 0 aromatic heterocycles. The predicted molar refractivity (Wildman–Crippen MR) is 59.6 cm³/mol. The molecule has 0 saturated carbocycles. The molecule has 0 heterocycles. The summed E-state index contributed by atoms with van der Waals surface area (Å²) < 4.78 is 5.30. The smallest absolute Gasteiger partial charge is 0.127 e. The van der Waals surface area contributed by atoms with Gasteiger partial charge < -0.3 is 9.53 Å². The molecule has 80 valence electrons. The first-order chi connectivity index (χ1) is 7.17. The minimum absolute atomic E-state index is 0.0830. The Morgan fingerprint density at radius 2 is 2.13 bits per heavy atom. The van der Waals surface area contributed by atoms with Crippen LogP contribution in [-0.2, 0) is 4.79 Å². The molecule has 1 aliphatic carbocycles. The average molecular weight is 204 g/mol. The molecular weight excluding hydrogens is 188 g/mol. The highest BCUT2D eigenvalue weighted by atomic mass is 16.5. The molecule has 0 N–H and O–H groups in total. The number of rotatable bonds is 2. The minimum atomic E-state index is 0.0830. The molecule has 1 aromatic carbocycles. The molecule has 0 amide bonds. The Bertz CT molecular complexity index is 396. The number of hydrogen-bond donors (Lipinski definition) is 0. The lowest BCUT2D eigenvalue weighted by Crippen LogP contribution is -1.96. The quantitative estimate of drug-likeness (QED) is 0.692. The zero-order valence-corrected chi connectivity index (χ0v) is 9.41. The highest BCUT2D eigenvalue weighted by molar-refractivity contribution is 5.67. The van der Waals surface area contributed by atoms with Gasteiger partial charge >= 0.3 is 0 Å². The van der Waals surface area contributed by atoms with Crippen LogP contribution in [0.1, 0.15) is 41.9 Å². The molecule has 0 unspecified atom stereocenters. The van der Waals surface area contributed by atoms with Gasteiger partial charge in [0.1, 0.15) is 12.0 Å². The number of benzene rings is 1. The molecule has 0 spiro atoms. The number of hydrogen-bond acceptors (Lipinski definition) is 2. The van der Waals surface area contributed by atoms with Crippen molar-refractivity contribution in [1.82, 2.24) is 0 Å². The Hall–Kier alpha value is -1.31. The van der Waals surface area contributed by atoms with E-state index in [1.54, 1.807) is 7.11 Å². The summed E-state index contributed by atoms with van der Waals surface area (Å²) >= 11 is 0. The van der Waals surface area contributed by atoms with Crippen LogP contribution in [0.4, 0.5) is 0 Å². The Morgan fingerprint density at radius 1 is 1.40 bits per heavy atom. The SMILES string of the molecule is COc1cc2c(cc1C)[C@@H](C=O)C[C@H]2C. The van der Waals surface area contributed by atoms with E-state index in [1.165, 1.54) is 11.1 Å². The summed E-state index contributed by atoms with van der Waals surface area (Å²) in [5, 5.41) is 0. The Morgan fingerprint density at radius 3 is 2.73 bits per heavy atom. The Balaban J connectivity index is 2.54. The summed E-state index contributed by atoms with van der Waals surface area (Å²) in [6.45, 7) is 4.18. The summed E-state index contributed by atoms with van der Waals surface area (Å²) in [7, 11) is 1.69. The van der Waals surface area contributed by atoms with Crippen LogP contribution in [0.25, 0.3) is 0 Å². The second-order valence-electron chi connectivity index (χ2n) is 4.33. The Labute approximate surface area is 90.3 Å². The van der Waals surface area contributed by atoms with Crippen molar-refractivity contribution in [3.63, 3.8) is 0 Å². The van der Waals surface area contributed by atoms with Gasteiger partial charge in [-0.05, 0) is 42.0 Å². The van der Waals surface area contributed by atoms with E-state index < -0.39 is 0 Å². The molecular formula is C13H16O2. The van der Waals surface area contributed by atoms with Crippen LogP contribution in [0.2, 0.25) is 0 Å². The normalized spacial score (nSPS) is 23.7. The molecule has 2 atom stereocenters. The van der Waals surface area contributed by atoms with E-state index in [2.05, 4.69) is 19.1 Å². The first-order valence-electron chi connectivity index (χ1n) is 5.31. The largest absolute Gasteiger partial charge is 0.496 e. The molecule has 1 aliphatic rings. The van der Waals surface area contributed by atoms with Gasteiger partial charge in [0, 0.05) is 5.92 Å². The van der Waals surface area contributed by atoms with E-state index in [4.69, 9.17) is 4.74 Å². The summed E-state index contributed by atoms with van der Waals surface area (Å²) in [6, 6.07) is 4.18. The van der Waals surface area contributed by atoms with Crippen molar-refractivity contribution in [3.05, 3.63) is 28.8 Å². The zero-order chi connectivity index (χ0) is 11.0. The molecule has 0 bridgehead atoms. The number of aryl methyl sites for hydroxylation is 1. The summed E-state index contributed by atoms with van der Waals surface area (Å²) in [6.07, 6.45) is 2.00. The van der Waals surface area contributed by atoms with Gasteiger partial charge in [0.25, 0.3) is 0 Å². The molecule has 0 radical (unpaired) electrons. The van der Waals surface area contributed by atoms with Gasteiger partial charge in [0.05, 0.1) is 7.11 Å². The minimum Gasteiger partial charge on any atom is -0.496 e. The van der Waals surface area contributed by atoms with Crippen molar-refractivity contribution in [2.24, 2.45) is 0 Å². The van der Waals surface area contributed by atoms with Gasteiger partial charge in [-0.15, -0.1) is 0 Å². The fourth-order valence-electron chi connectivity index (χ4n) is 2.46. The molecule has 0 aliphatic heterocycles. The van der Waals surface area contributed by atoms with Crippen LogP contribution in [-0.4, -0.2) is 13.4 Å².